The average molecular weight is 409 g/mol. The Balaban J connectivity index is 1.70. The first-order chi connectivity index (χ1) is 13.7. The van der Waals surface area contributed by atoms with Gasteiger partial charge in [0.05, 0.1) is 28.1 Å². The maximum atomic E-state index is 12.1. The molecule has 0 spiro atoms. The second kappa shape index (κ2) is 8.42. The Labute approximate surface area is 173 Å². The van der Waals surface area contributed by atoms with Crippen LogP contribution in [0.25, 0.3) is 0 Å². The van der Waals surface area contributed by atoms with Crippen molar-refractivity contribution in [2.24, 2.45) is 0 Å². The van der Waals surface area contributed by atoms with E-state index in [4.69, 9.17) is 10.2 Å². The molecule has 0 amide bonds. The monoisotopic (exact) mass is 408 g/mol. The molecule has 1 aromatic heterocycles. The highest BCUT2D eigenvalue weighted by atomic mass is 32.2. The highest BCUT2D eigenvalue weighted by Crippen LogP contribution is 2.43. The summed E-state index contributed by atoms with van der Waals surface area (Å²) in [5.74, 6) is -0.246. The number of pyridine rings is 1. The maximum absolute atomic E-state index is 12.1. The van der Waals surface area contributed by atoms with E-state index in [9.17, 15) is 9.90 Å². The zero-order valence-electron chi connectivity index (χ0n) is 15.4. The van der Waals surface area contributed by atoms with Crippen molar-refractivity contribution in [3.8, 4) is 6.07 Å². The standard InChI is InChI=1S/C22H20N2O2S2/c23-12-14-7-9-15(10-8-14)13-28-21-19(22(25)26)16-4-1-2-5-17(16)20(24-21)18-6-3-11-27-18/h3,7-11,18H,1-2,4-6,13H2,(H,25,26). The van der Waals surface area contributed by atoms with E-state index in [0.717, 1.165) is 48.9 Å². The molecule has 4 nitrogen and oxygen atoms in total. The van der Waals surface area contributed by atoms with Gasteiger partial charge in [0.1, 0.15) is 5.03 Å². The van der Waals surface area contributed by atoms with Crippen molar-refractivity contribution >= 4 is 29.5 Å². The Kier molecular flexibility index (Phi) is 5.74. The fraction of sp³-hybridized carbons (Fsp3) is 0.318. The lowest BCUT2D eigenvalue weighted by Crippen LogP contribution is -2.17. The van der Waals surface area contributed by atoms with E-state index < -0.39 is 5.97 Å². The average Bonchev–Trinajstić information content (AvgIpc) is 3.26. The summed E-state index contributed by atoms with van der Waals surface area (Å²) >= 11 is 3.26. The Morgan fingerprint density at radius 1 is 1.25 bits per heavy atom. The van der Waals surface area contributed by atoms with Crippen LogP contribution >= 0.6 is 23.5 Å². The molecule has 1 aromatic carbocycles. The number of nitriles is 1. The lowest BCUT2D eigenvalue weighted by molar-refractivity contribution is 0.0690. The fourth-order valence-electron chi connectivity index (χ4n) is 3.81. The van der Waals surface area contributed by atoms with Crippen LogP contribution in [-0.4, -0.2) is 16.1 Å². The topological polar surface area (TPSA) is 74.0 Å². The molecule has 0 fully saturated rings. The van der Waals surface area contributed by atoms with Crippen molar-refractivity contribution in [2.75, 3.05) is 0 Å². The number of benzene rings is 1. The zero-order chi connectivity index (χ0) is 19.5. The van der Waals surface area contributed by atoms with Gasteiger partial charge in [-0.25, -0.2) is 9.78 Å². The number of carboxylic acid groups (broad SMARTS) is 1. The number of aromatic nitrogens is 1. The number of carbonyl (C=O) groups is 1. The number of nitrogens with zero attached hydrogens (tertiary/aromatic N) is 2. The smallest absolute Gasteiger partial charge is 0.338 e. The maximum Gasteiger partial charge on any atom is 0.338 e. The van der Waals surface area contributed by atoms with E-state index in [2.05, 4.69) is 17.6 Å². The van der Waals surface area contributed by atoms with Gasteiger partial charge >= 0.3 is 5.97 Å². The summed E-state index contributed by atoms with van der Waals surface area (Å²) in [7, 11) is 0. The van der Waals surface area contributed by atoms with E-state index >= 15 is 0 Å². The lowest BCUT2D eigenvalue weighted by atomic mass is 9.87. The van der Waals surface area contributed by atoms with Gasteiger partial charge in [-0.3, -0.25) is 0 Å². The molecule has 1 aliphatic carbocycles. The number of hydrogen-bond acceptors (Lipinski definition) is 5. The van der Waals surface area contributed by atoms with Crippen LogP contribution < -0.4 is 0 Å². The van der Waals surface area contributed by atoms with Crippen LogP contribution in [0.4, 0.5) is 0 Å². The normalized spacial score (nSPS) is 17.9. The molecule has 1 aliphatic heterocycles. The SMILES string of the molecule is N#Cc1ccc(CSc2nc(C3CC=CS3)c3c(c2C(=O)O)CCCC3)cc1. The van der Waals surface area contributed by atoms with Crippen molar-refractivity contribution in [3.63, 3.8) is 0 Å². The first-order valence-electron chi connectivity index (χ1n) is 9.38. The van der Waals surface area contributed by atoms with Gasteiger partial charge in [-0.05, 0) is 66.3 Å². The predicted octanol–water partition coefficient (Wildman–Crippen LogP) is 5.51. The van der Waals surface area contributed by atoms with Gasteiger partial charge in [-0.2, -0.15) is 5.26 Å². The van der Waals surface area contributed by atoms with E-state index in [1.165, 1.54) is 17.3 Å². The molecule has 6 heteroatoms. The summed E-state index contributed by atoms with van der Waals surface area (Å²) in [4.78, 5) is 17.0. The molecular formula is C22H20N2O2S2. The van der Waals surface area contributed by atoms with Crippen molar-refractivity contribution in [3.05, 3.63) is 69.3 Å². The lowest BCUT2D eigenvalue weighted by Gasteiger charge is -2.25. The minimum atomic E-state index is -0.878. The molecule has 0 saturated heterocycles. The van der Waals surface area contributed by atoms with Crippen molar-refractivity contribution in [1.29, 1.82) is 5.26 Å². The number of thioether (sulfide) groups is 2. The van der Waals surface area contributed by atoms with Gasteiger partial charge in [-0.15, -0.1) is 23.5 Å². The van der Waals surface area contributed by atoms with Gasteiger partial charge in [0, 0.05) is 5.75 Å². The Bertz CT molecular complexity index is 970. The van der Waals surface area contributed by atoms with E-state index in [1.807, 2.05) is 12.1 Å². The number of aromatic carboxylic acids is 1. The second-order valence-corrected chi connectivity index (χ2v) is 9.05. The molecule has 28 heavy (non-hydrogen) atoms. The molecule has 1 N–H and O–H groups in total. The molecule has 2 heterocycles. The number of fused-ring (bicyclic) bond motifs is 1. The largest absolute Gasteiger partial charge is 0.478 e. The molecule has 1 atom stereocenters. The summed E-state index contributed by atoms with van der Waals surface area (Å²) in [5.41, 5.74) is 5.33. The number of hydrogen-bond donors (Lipinski definition) is 1. The van der Waals surface area contributed by atoms with Crippen molar-refractivity contribution < 1.29 is 9.90 Å². The Morgan fingerprint density at radius 3 is 2.64 bits per heavy atom. The molecule has 0 bridgehead atoms. The molecule has 2 aromatic rings. The molecule has 0 saturated carbocycles. The van der Waals surface area contributed by atoms with Crippen LogP contribution in [0.15, 0.2) is 40.8 Å². The zero-order valence-corrected chi connectivity index (χ0v) is 17.0. The highest BCUT2D eigenvalue weighted by molar-refractivity contribution is 8.02. The van der Waals surface area contributed by atoms with Crippen LogP contribution in [0.2, 0.25) is 0 Å². The fourth-order valence-corrected chi connectivity index (χ4v) is 5.78. The Hall–Kier alpha value is -2.23. The van der Waals surface area contributed by atoms with Gasteiger partial charge in [-0.1, -0.05) is 18.2 Å². The Morgan fingerprint density at radius 2 is 2.00 bits per heavy atom. The molecule has 1 unspecified atom stereocenters. The third-order valence-corrected chi connectivity index (χ3v) is 7.32. The van der Waals surface area contributed by atoms with E-state index in [-0.39, 0.29) is 0 Å². The van der Waals surface area contributed by atoms with Crippen molar-refractivity contribution in [1.82, 2.24) is 4.98 Å². The van der Waals surface area contributed by atoms with Crippen LogP contribution in [0.1, 0.15) is 62.8 Å². The molecular weight excluding hydrogens is 388 g/mol. The first-order valence-corrected chi connectivity index (χ1v) is 11.3. The van der Waals surface area contributed by atoms with Crippen LogP contribution in [-0.2, 0) is 18.6 Å². The molecule has 4 rings (SSSR count). The number of carboxylic acids is 1. The summed E-state index contributed by atoms with van der Waals surface area (Å²) in [6.07, 6.45) is 7.00. The summed E-state index contributed by atoms with van der Waals surface area (Å²) in [5, 5.41) is 21.9. The van der Waals surface area contributed by atoms with Gasteiger partial charge < -0.3 is 5.11 Å². The van der Waals surface area contributed by atoms with Gasteiger partial charge in [0.25, 0.3) is 0 Å². The minimum Gasteiger partial charge on any atom is -0.478 e. The summed E-state index contributed by atoms with van der Waals surface area (Å²) in [6.45, 7) is 0. The second-order valence-electron chi connectivity index (χ2n) is 6.98. The first kappa shape index (κ1) is 19.1. The number of rotatable bonds is 5. The minimum absolute atomic E-state index is 0.295. The summed E-state index contributed by atoms with van der Waals surface area (Å²) in [6, 6.07) is 9.54. The highest BCUT2D eigenvalue weighted by Gasteiger charge is 2.29. The van der Waals surface area contributed by atoms with E-state index in [1.54, 1.807) is 23.9 Å². The predicted molar refractivity (Wildman–Crippen MR) is 113 cm³/mol. The number of allylic oxidation sites excluding steroid dienone is 1. The van der Waals surface area contributed by atoms with Crippen LogP contribution in [0.5, 0.6) is 0 Å². The molecule has 0 radical (unpaired) electrons. The van der Waals surface area contributed by atoms with Crippen LogP contribution in [0.3, 0.4) is 0 Å². The molecule has 142 valence electrons. The van der Waals surface area contributed by atoms with Crippen molar-refractivity contribution in [2.45, 2.75) is 48.1 Å². The molecule has 2 aliphatic rings. The van der Waals surface area contributed by atoms with E-state index in [0.29, 0.717) is 27.2 Å². The summed E-state index contributed by atoms with van der Waals surface area (Å²) < 4.78 is 0. The van der Waals surface area contributed by atoms with Crippen LogP contribution in [0, 0.1) is 11.3 Å². The quantitative estimate of drug-likeness (QED) is 0.657. The van der Waals surface area contributed by atoms with Gasteiger partial charge in [0.15, 0.2) is 0 Å². The third kappa shape index (κ3) is 3.82. The third-order valence-electron chi connectivity index (χ3n) is 5.18. The van der Waals surface area contributed by atoms with Gasteiger partial charge in [0.2, 0.25) is 0 Å².